The minimum atomic E-state index is 0.580. The van der Waals surface area contributed by atoms with Crippen LogP contribution in [0.4, 0.5) is 5.82 Å². The monoisotopic (exact) mass is 340 g/mol. The van der Waals surface area contributed by atoms with Crippen molar-refractivity contribution in [3.8, 4) is 0 Å². The lowest BCUT2D eigenvalue weighted by Gasteiger charge is -2.09. The highest BCUT2D eigenvalue weighted by molar-refractivity contribution is 5.89. The fourth-order valence-corrected chi connectivity index (χ4v) is 2.55. The summed E-state index contributed by atoms with van der Waals surface area (Å²) in [7, 11) is 0. The van der Waals surface area contributed by atoms with Crippen molar-refractivity contribution in [3.05, 3.63) is 84.5 Å². The largest absolute Gasteiger partial charge is 0.365 e. The molecule has 0 saturated carbocycles. The summed E-state index contributed by atoms with van der Waals surface area (Å²) in [6, 6.07) is 12.0. The van der Waals surface area contributed by atoms with Gasteiger partial charge in [0.05, 0.1) is 11.7 Å². The molecule has 3 aromatic heterocycles. The minimum absolute atomic E-state index is 0.580. The number of fused-ring (bicyclic) bond motifs is 1. The van der Waals surface area contributed by atoms with Crippen LogP contribution in [0.1, 0.15) is 17.0 Å². The fourth-order valence-electron chi connectivity index (χ4n) is 2.55. The molecule has 6 nitrogen and oxygen atoms in total. The van der Waals surface area contributed by atoms with E-state index in [2.05, 4.69) is 30.2 Å². The molecule has 0 aliphatic heterocycles. The van der Waals surface area contributed by atoms with E-state index in [1.807, 2.05) is 48.6 Å². The maximum atomic E-state index is 4.65. The van der Waals surface area contributed by atoms with Crippen molar-refractivity contribution in [2.75, 3.05) is 5.32 Å². The van der Waals surface area contributed by atoms with E-state index >= 15 is 0 Å². The van der Waals surface area contributed by atoms with Crippen LogP contribution in [0.25, 0.3) is 23.1 Å². The molecule has 0 aliphatic rings. The van der Waals surface area contributed by atoms with Crippen molar-refractivity contribution in [1.29, 1.82) is 0 Å². The van der Waals surface area contributed by atoms with E-state index in [4.69, 9.17) is 0 Å². The van der Waals surface area contributed by atoms with Crippen LogP contribution < -0.4 is 5.32 Å². The Hall–Kier alpha value is -3.67. The number of hydrogen-bond donors (Lipinski definition) is 1. The zero-order valence-electron chi connectivity index (χ0n) is 13.9. The SMILES string of the molecule is C(=Cc1nc(NCc2cncnc2)c2ccncc2n1)c1ccccc1. The van der Waals surface area contributed by atoms with Crippen LogP contribution in [-0.4, -0.2) is 24.9 Å². The first-order chi connectivity index (χ1) is 12.9. The number of benzene rings is 1. The lowest BCUT2D eigenvalue weighted by atomic mass is 10.2. The molecule has 26 heavy (non-hydrogen) atoms. The Morgan fingerprint density at radius 1 is 0.846 bits per heavy atom. The average molecular weight is 340 g/mol. The normalized spacial score (nSPS) is 11.1. The van der Waals surface area contributed by atoms with E-state index in [0.717, 1.165) is 27.8 Å². The molecular formula is C20H16N6. The Kier molecular flexibility index (Phi) is 4.56. The second-order valence-electron chi connectivity index (χ2n) is 5.67. The molecule has 0 aliphatic carbocycles. The molecule has 0 radical (unpaired) electrons. The first kappa shape index (κ1) is 15.8. The van der Waals surface area contributed by atoms with Crippen molar-refractivity contribution in [3.63, 3.8) is 0 Å². The third kappa shape index (κ3) is 3.70. The number of nitrogens with zero attached hydrogens (tertiary/aromatic N) is 5. The molecule has 1 N–H and O–H groups in total. The second kappa shape index (κ2) is 7.48. The molecule has 4 rings (SSSR count). The van der Waals surface area contributed by atoms with Crippen molar-refractivity contribution in [2.24, 2.45) is 0 Å². The van der Waals surface area contributed by atoms with Gasteiger partial charge in [0, 0.05) is 36.1 Å². The van der Waals surface area contributed by atoms with Crippen LogP contribution in [0, 0.1) is 0 Å². The van der Waals surface area contributed by atoms with Gasteiger partial charge in [0.15, 0.2) is 5.82 Å². The number of pyridine rings is 1. The Morgan fingerprint density at radius 2 is 1.69 bits per heavy atom. The van der Waals surface area contributed by atoms with E-state index in [1.165, 1.54) is 6.33 Å². The quantitative estimate of drug-likeness (QED) is 0.598. The van der Waals surface area contributed by atoms with Crippen molar-refractivity contribution in [2.45, 2.75) is 6.54 Å². The highest BCUT2D eigenvalue weighted by Gasteiger charge is 2.06. The van der Waals surface area contributed by atoms with Crippen molar-refractivity contribution >= 4 is 28.9 Å². The van der Waals surface area contributed by atoms with Gasteiger partial charge in [-0.25, -0.2) is 19.9 Å². The molecular weight excluding hydrogens is 324 g/mol. The summed E-state index contributed by atoms with van der Waals surface area (Å²) in [5.41, 5.74) is 2.87. The topological polar surface area (TPSA) is 76.5 Å². The van der Waals surface area contributed by atoms with Gasteiger partial charge >= 0.3 is 0 Å². The number of nitrogens with one attached hydrogen (secondary N) is 1. The van der Waals surface area contributed by atoms with Crippen LogP contribution in [0.15, 0.2) is 67.5 Å². The van der Waals surface area contributed by atoms with Gasteiger partial charge in [0.2, 0.25) is 0 Å². The summed E-state index contributed by atoms with van der Waals surface area (Å²) in [5, 5.41) is 4.27. The maximum Gasteiger partial charge on any atom is 0.155 e. The number of hydrogen-bond acceptors (Lipinski definition) is 6. The Balaban J connectivity index is 1.65. The number of rotatable bonds is 5. The van der Waals surface area contributed by atoms with Crippen LogP contribution in [0.3, 0.4) is 0 Å². The molecule has 4 aromatic rings. The molecule has 1 aromatic carbocycles. The Morgan fingerprint density at radius 3 is 2.54 bits per heavy atom. The first-order valence-electron chi connectivity index (χ1n) is 8.21. The van der Waals surface area contributed by atoms with Crippen LogP contribution in [0.5, 0.6) is 0 Å². The molecule has 0 saturated heterocycles. The Labute approximate surface area is 150 Å². The van der Waals surface area contributed by atoms with Crippen molar-refractivity contribution in [1.82, 2.24) is 24.9 Å². The summed E-state index contributed by atoms with van der Waals surface area (Å²) in [4.78, 5) is 21.5. The standard InChI is InChI=1S/C20H16N6/c1-2-4-15(5-3-1)6-7-19-25-18-13-21-9-8-17(18)20(26-19)24-12-16-10-22-14-23-11-16/h1-11,13-14H,12H2,(H,24,25,26). The molecule has 6 heteroatoms. The molecule has 0 atom stereocenters. The summed E-state index contributed by atoms with van der Waals surface area (Å²) in [5.74, 6) is 1.38. The predicted octanol–water partition coefficient (Wildman–Crippen LogP) is 3.60. The minimum Gasteiger partial charge on any atom is -0.365 e. The van der Waals surface area contributed by atoms with E-state index in [0.29, 0.717) is 12.4 Å². The number of anilines is 1. The van der Waals surface area contributed by atoms with E-state index in [9.17, 15) is 0 Å². The van der Waals surface area contributed by atoms with Gasteiger partial charge in [0.25, 0.3) is 0 Å². The van der Waals surface area contributed by atoms with Gasteiger partial charge < -0.3 is 5.32 Å². The van der Waals surface area contributed by atoms with Gasteiger partial charge in [-0.1, -0.05) is 36.4 Å². The summed E-state index contributed by atoms with van der Waals surface area (Å²) < 4.78 is 0. The molecule has 3 heterocycles. The van der Waals surface area contributed by atoms with Crippen LogP contribution >= 0.6 is 0 Å². The zero-order chi connectivity index (χ0) is 17.6. The smallest absolute Gasteiger partial charge is 0.155 e. The third-order valence-electron chi connectivity index (χ3n) is 3.81. The van der Waals surface area contributed by atoms with Gasteiger partial charge in [-0.2, -0.15) is 0 Å². The second-order valence-corrected chi connectivity index (χ2v) is 5.67. The lowest BCUT2D eigenvalue weighted by Crippen LogP contribution is -2.05. The molecule has 0 unspecified atom stereocenters. The number of aromatic nitrogens is 5. The highest BCUT2D eigenvalue weighted by atomic mass is 15.0. The van der Waals surface area contributed by atoms with Crippen LogP contribution in [-0.2, 0) is 6.54 Å². The van der Waals surface area contributed by atoms with Crippen molar-refractivity contribution < 1.29 is 0 Å². The lowest BCUT2D eigenvalue weighted by molar-refractivity contribution is 1.03. The fraction of sp³-hybridized carbons (Fsp3) is 0.0500. The summed E-state index contributed by atoms with van der Waals surface area (Å²) >= 11 is 0. The summed E-state index contributed by atoms with van der Waals surface area (Å²) in [6.07, 6.45) is 12.4. The third-order valence-corrected chi connectivity index (χ3v) is 3.81. The molecule has 0 amide bonds. The van der Waals surface area contributed by atoms with E-state index in [1.54, 1.807) is 24.8 Å². The molecule has 0 fully saturated rings. The molecule has 0 spiro atoms. The van der Waals surface area contributed by atoms with Crippen LogP contribution in [0.2, 0.25) is 0 Å². The average Bonchev–Trinajstić information content (AvgIpc) is 2.72. The Bertz CT molecular complexity index is 1030. The van der Waals surface area contributed by atoms with Gasteiger partial charge in [-0.15, -0.1) is 0 Å². The predicted molar refractivity (Wildman–Crippen MR) is 102 cm³/mol. The van der Waals surface area contributed by atoms with Gasteiger partial charge in [0.1, 0.15) is 12.1 Å². The van der Waals surface area contributed by atoms with Gasteiger partial charge in [-0.3, -0.25) is 4.98 Å². The highest BCUT2D eigenvalue weighted by Crippen LogP contribution is 2.20. The maximum absolute atomic E-state index is 4.65. The van der Waals surface area contributed by atoms with E-state index < -0.39 is 0 Å². The summed E-state index contributed by atoms with van der Waals surface area (Å²) in [6.45, 7) is 0.580. The first-order valence-corrected chi connectivity index (χ1v) is 8.21. The molecule has 0 bridgehead atoms. The molecule has 126 valence electrons. The van der Waals surface area contributed by atoms with E-state index in [-0.39, 0.29) is 0 Å². The van der Waals surface area contributed by atoms with Gasteiger partial charge in [-0.05, 0) is 17.7 Å². The zero-order valence-corrected chi connectivity index (χ0v) is 13.9.